The van der Waals surface area contributed by atoms with Crippen molar-refractivity contribution in [2.45, 2.75) is 6.92 Å². The molecule has 6 heteroatoms. The van der Waals surface area contributed by atoms with Crippen LogP contribution < -0.4 is 5.32 Å². The van der Waals surface area contributed by atoms with Gasteiger partial charge in [0.2, 0.25) is 0 Å². The van der Waals surface area contributed by atoms with Crippen molar-refractivity contribution in [3.63, 3.8) is 0 Å². The number of nitrogens with one attached hydrogen (secondary N) is 1. The van der Waals surface area contributed by atoms with Gasteiger partial charge in [0.15, 0.2) is 10.9 Å². The van der Waals surface area contributed by atoms with Gasteiger partial charge in [-0.05, 0) is 31.2 Å². The fourth-order valence-electron chi connectivity index (χ4n) is 2.50. The lowest BCUT2D eigenvalue weighted by Crippen LogP contribution is -2.11. The maximum absolute atomic E-state index is 13.2. The number of anilines is 1. The highest BCUT2D eigenvalue weighted by molar-refractivity contribution is 7.22. The van der Waals surface area contributed by atoms with E-state index in [4.69, 9.17) is 4.42 Å². The van der Waals surface area contributed by atoms with Gasteiger partial charge in [0, 0.05) is 10.9 Å². The number of amides is 1. The molecule has 0 spiro atoms. The molecule has 0 saturated heterocycles. The molecule has 0 saturated carbocycles. The van der Waals surface area contributed by atoms with E-state index in [0.29, 0.717) is 20.9 Å². The number of para-hydroxylation sites is 1. The zero-order valence-corrected chi connectivity index (χ0v) is 12.9. The van der Waals surface area contributed by atoms with Crippen molar-refractivity contribution in [1.82, 2.24) is 4.98 Å². The molecule has 0 radical (unpaired) electrons. The maximum Gasteiger partial charge on any atom is 0.293 e. The van der Waals surface area contributed by atoms with E-state index in [1.165, 1.54) is 23.5 Å². The Balaban J connectivity index is 1.69. The third-order valence-corrected chi connectivity index (χ3v) is 4.55. The minimum Gasteiger partial charge on any atom is -0.451 e. The summed E-state index contributed by atoms with van der Waals surface area (Å²) in [6.45, 7) is 1.84. The van der Waals surface area contributed by atoms with Gasteiger partial charge in [-0.15, -0.1) is 0 Å². The number of furan rings is 1. The lowest BCUT2D eigenvalue weighted by molar-refractivity contribution is 0.0998. The van der Waals surface area contributed by atoms with Gasteiger partial charge in [0.1, 0.15) is 11.4 Å². The monoisotopic (exact) mass is 326 g/mol. The third kappa shape index (κ3) is 2.37. The highest BCUT2D eigenvalue weighted by Gasteiger charge is 2.18. The Bertz CT molecular complexity index is 1050. The third-order valence-electron chi connectivity index (χ3n) is 3.62. The lowest BCUT2D eigenvalue weighted by atomic mass is 10.1. The van der Waals surface area contributed by atoms with Crippen molar-refractivity contribution in [2.24, 2.45) is 0 Å². The molecular formula is C17H11FN2O2S. The predicted octanol–water partition coefficient (Wildman–Crippen LogP) is 4.74. The van der Waals surface area contributed by atoms with Crippen LogP contribution in [-0.4, -0.2) is 10.9 Å². The number of aromatic nitrogens is 1. The number of carbonyl (C=O) groups is 1. The number of hydrogen-bond acceptors (Lipinski definition) is 4. The molecule has 1 N–H and O–H groups in total. The molecule has 4 aromatic rings. The van der Waals surface area contributed by atoms with Crippen LogP contribution in [0.2, 0.25) is 0 Å². The standard InChI is InChI=1S/C17H11FN2O2S/c1-9-11-4-2-3-5-13(11)22-15(9)16(21)20-17-19-12-7-6-10(18)8-14(12)23-17/h2-8H,1H3,(H,19,20,21). The molecule has 2 heterocycles. The summed E-state index contributed by atoms with van der Waals surface area (Å²) >= 11 is 1.22. The van der Waals surface area contributed by atoms with E-state index in [0.717, 1.165) is 10.9 Å². The van der Waals surface area contributed by atoms with Crippen LogP contribution in [0.15, 0.2) is 46.9 Å². The second-order valence-electron chi connectivity index (χ2n) is 5.14. The first kappa shape index (κ1) is 13.9. The Kier molecular flexibility index (Phi) is 3.12. The van der Waals surface area contributed by atoms with Crippen molar-refractivity contribution < 1.29 is 13.6 Å². The van der Waals surface area contributed by atoms with E-state index in [-0.39, 0.29) is 17.5 Å². The van der Waals surface area contributed by atoms with Gasteiger partial charge in [-0.1, -0.05) is 29.5 Å². The first-order chi connectivity index (χ1) is 11.1. The number of aryl methyl sites for hydroxylation is 1. The molecule has 0 aliphatic carbocycles. The van der Waals surface area contributed by atoms with Crippen LogP contribution >= 0.6 is 11.3 Å². The molecule has 0 fully saturated rings. The van der Waals surface area contributed by atoms with E-state index in [1.54, 1.807) is 6.07 Å². The molecule has 2 aromatic carbocycles. The van der Waals surface area contributed by atoms with Crippen LogP contribution in [-0.2, 0) is 0 Å². The highest BCUT2D eigenvalue weighted by Crippen LogP contribution is 2.29. The van der Waals surface area contributed by atoms with Gasteiger partial charge in [-0.3, -0.25) is 10.1 Å². The zero-order valence-electron chi connectivity index (χ0n) is 12.1. The fourth-order valence-corrected chi connectivity index (χ4v) is 3.38. The normalized spacial score (nSPS) is 11.2. The second kappa shape index (κ2) is 5.17. The van der Waals surface area contributed by atoms with Crippen LogP contribution in [0, 0.1) is 12.7 Å². The molecular weight excluding hydrogens is 315 g/mol. The molecule has 0 aliphatic rings. The Morgan fingerprint density at radius 1 is 1.26 bits per heavy atom. The van der Waals surface area contributed by atoms with Crippen LogP contribution in [0.3, 0.4) is 0 Å². The summed E-state index contributed by atoms with van der Waals surface area (Å²) in [5.41, 5.74) is 2.10. The minimum absolute atomic E-state index is 0.261. The zero-order chi connectivity index (χ0) is 16.0. The van der Waals surface area contributed by atoms with Crippen LogP contribution in [0.1, 0.15) is 16.1 Å². The van der Waals surface area contributed by atoms with Gasteiger partial charge in [-0.2, -0.15) is 0 Å². The number of benzene rings is 2. The number of fused-ring (bicyclic) bond motifs is 2. The molecule has 114 valence electrons. The van der Waals surface area contributed by atoms with Crippen molar-refractivity contribution in [2.75, 3.05) is 5.32 Å². The van der Waals surface area contributed by atoms with Gasteiger partial charge >= 0.3 is 0 Å². The number of carbonyl (C=O) groups excluding carboxylic acids is 1. The molecule has 23 heavy (non-hydrogen) atoms. The summed E-state index contributed by atoms with van der Waals surface area (Å²) in [6.07, 6.45) is 0. The van der Waals surface area contributed by atoms with Crippen LogP contribution in [0.25, 0.3) is 21.2 Å². The number of halogens is 1. The molecule has 1 amide bonds. The first-order valence-electron chi connectivity index (χ1n) is 6.97. The topological polar surface area (TPSA) is 55.1 Å². The van der Waals surface area contributed by atoms with Crippen molar-refractivity contribution in [3.05, 3.63) is 59.6 Å². The molecule has 4 rings (SSSR count). The van der Waals surface area contributed by atoms with Crippen molar-refractivity contribution >= 4 is 43.6 Å². The summed E-state index contributed by atoms with van der Waals surface area (Å²) in [7, 11) is 0. The minimum atomic E-state index is -0.363. The number of rotatable bonds is 2. The largest absolute Gasteiger partial charge is 0.451 e. The Morgan fingerprint density at radius 3 is 2.91 bits per heavy atom. The Morgan fingerprint density at radius 2 is 2.09 bits per heavy atom. The Labute approximate surface area is 134 Å². The van der Waals surface area contributed by atoms with Crippen LogP contribution in [0.4, 0.5) is 9.52 Å². The van der Waals surface area contributed by atoms with Crippen molar-refractivity contribution in [3.8, 4) is 0 Å². The quantitative estimate of drug-likeness (QED) is 0.579. The lowest BCUT2D eigenvalue weighted by Gasteiger charge is -1.98. The number of nitrogens with zero attached hydrogens (tertiary/aromatic N) is 1. The van der Waals surface area contributed by atoms with Gasteiger partial charge in [0.25, 0.3) is 5.91 Å². The van der Waals surface area contributed by atoms with Crippen LogP contribution in [0.5, 0.6) is 0 Å². The predicted molar refractivity (Wildman–Crippen MR) is 88.5 cm³/mol. The van der Waals surface area contributed by atoms with E-state index < -0.39 is 0 Å². The summed E-state index contributed by atoms with van der Waals surface area (Å²) in [5, 5.41) is 4.04. The number of hydrogen-bond donors (Lipinski definition) is 1. The smallest absolute Gasteiger partial charge is 0.293 e. The van der Waals surface area contributed by atoms with Crippen molar-refractivity contribution in [1.29, 1.82) is 0 Å². The first-order valence-corrected chi connectivity index (χ1v) is 7.79. The van der Waals surface area contributed by atoms with E-state index in [1.807, 2.05) is 31.2 Å². The van der Waals surface area contributed by atoms with Gasteiger partial charge in [0.05, 0.1) is 10.2 Å². The molecule has 2 aromatic heterocycles. The molecule has 4 nitrogen and oxygen atoms in total. The van der Waals surface area contributed by atoms with E-state index in [9.17, 15) is 9.18 Å². The molecule has 0 bridgehead atoms. The molecule has 0 atom stereocenters. The average Bonchev–Trinajstić information content (AvgIpc) is 3.08. The fraction of sp³-hybridized carbons (Fsp3) is 0.0588. The SMILES string of the molecule is Cc1c(C(=O)Nc2nc3ccc(F)cc3s2)oc2ccccc12. The van der Waals surface area contributed by atoms with E-state index >= 15 is 0 Å². The summed E-state index contributed by atoms with van der Waals surface area (Å²) < 4.78 is 19.5. The van der Waals surface area contributed by atoms with Gasteiger partial charge < -0.3 is 4.42 Å². The number of thiazole rings is 1. The summed E-state index contributed by atoms with van der Waals surface area (Å²) in [5.74, 6) is -0.429. The molecule has 0 aliphatic heterocycles. The molecule has 0 unspecified atom stereocenters. The van der Waals surface area contributed by atoms with Gasteiger partial charge in [-0.25, -0.2) is 9.37 Å². The highest BCUT2D eigenvalue weighted by atomic mass is 32.1. The maximum atomic E-state index is 13.2. The summed E-state index contributed by atoms with van der Waals surface area (Å²) in [6, 6.07) is 11.8. The average molecular weight is 326 g/mol. The Hall–Kier alpha value is -2.73. The summed E-state index contributed by atoms with van der Waals surface area (Å²) in [4.78, 5) is 16.7. The second-order valence-corrected chi connectivity index (χ2v) is 6.17. The van der Waals surface area contributed by atoms with E-state index in [2.05, 4.69) is 10.3 Å².